The van der Waals surface area contributed by atoms with Crippen LogP contribution in [0.4, 0.5) is 0 Å². The normalized spacial score (nSPS) is 26.6. The molecule has 1 amide bonds. The van der Waals surface area contributed by atoms with Crippen molar-refractivity contribution < 1.29 is 4.79 Å². The lowest BCUT2D eigenvalue weighted by atomic mass is 9.77. The van der Waals surface area contributed by atoms with Gasteiger partial charge >= 0.3 is 0 Å². The molecule has 2 aliphatic carbocycles. The van der Waals surface area contributed by atoms with Gasteiger partial charge in [0.05, 0.1) is 0 Å². The summed E-state index contributed by atoms with van der Waals surface area (Å²) in [6, 6.07) is 21.4. The van der Waals surface area contributed by atoms with Crippen LogP contribution in [0.1, 0.15) is 62.0 Å². The summed E-state index contributed by atoms with van der Waals surface area (Å²) in [4.78, 5) is 12.6. The average molecular weight is 386 g/mol. The molecular formula is C27H31NO. The Morgan fingerprint density at radius 2 is 1.52 bits per heavy atom. The van der Waals surface area contributed by atoms with Gasteiger partial charge in [-0.3, -0.25) is 4.79 Å². The van der Waals surface area contributed by atoms with E-state index < -0.39 is 0 Å². The highest BCUT2D eigenvalue weighted by Gasteiger charge is 2.25. The van der Waals surface area contributed by atoms with Crippen LogP contribution in [0, 0.1) is 11.8 Å². The van der Waals surface area contributed by atoms with Gasteiger partial charge < -0.3 is 5.32 Å². The highest BCUT2D eigenvalue weighted by molar-refractivity contribution is 5.78. The van der Waals surface area contributed by atoms with Crippen molar-refractivity contribution in [2.75, 3.05) is 0 Å². The van der Waals surface area contributed by atoms with Gasteiger partial charge in [0.1, 0.15) is 0 Å². The number of hydrogen-bond acceptors (Lipinski definition) is 1. The fourth-order valence-electron chi connectivity index (χ4n) is 4.90. The van der Waals surface area contributed by atoms with E-state index in [1.54, 1.807) is 0 Å². The Balaban J connectivity index is 1.26. The van der Waals surface area contributed by atoms with E-state index in [0.29, 0.717) is 30.1 Å². The van der Waals surface area contributed by atoms with Crippen LogP contribution in [-0.4, -0.2) is 5.91 Å². The van der Waals surface area contributed by atoms with Crippen LogP contribution >= 0.6 is 0 Å². The van der Waals surface area contributed by atoms with Gasteiger partial charge in [0.15, 0.2) is 0 Å². The molecule has 2 aromatic rings. The number of carbonyl (C=O) groups excluding carboxylic acids is 1. The Labute approximate surface area is 174 Å². The lowest BCUT2D eigenvalue weighted by Gasteiger charge is -2.29. The zero-order chi connectivity index (χ0) is 20.1. The average Bonchev–Trinajstić information content (AvgIpc) is 2.75. The Kier molecular flexibility index (Phi) is 6.29. The Bertz CT molecular complexity index is 860. The predicted octanol–water partition coefficient (Wildman–Crippen LogP) is 6.34. The fourth-order valence-corrected chi connectivity index (χ4v) is 4.90. The summed E-state index contributed by atoms with van der Waals surface area (Å²) in [7, 11) is 0. The molecule has 2 aliphatic rings. The molecule has 0 aromatic heterocycles. The summed E-state index contributed by atoms with van der Waals surface area (Å²) in [5.41, 5.74) is 3.73. The molecule has 1 saturated carbocycles. The summed E-state index contributed by atoms with van der Waals surface area (Å²) >= 11 is 0. The SMILES string of the molecule is CC1C=C(NC(=O)CC2CCC(c3ccccc3)CC2)C=CC1c1ccccc1. The standard InChI is InChI=1S/C27H31NO/c1-20-18-25(16-17-26(20)24-10-6-3-7-11-24)28-27(29)19-21-12-14-23(15-13-21)22-8-4-2-5-9-22/h2-11,16-18,20-21,23,26H,12-15,19H2,1H3,(H,28,29). The van der Waals surface area contributed by atoms with Gasteiger partial charge in [0.2, 0.25) is 5.91 Å². The van der Waals surface area contributed by atoms with Crippen LogP contribution in [0.5, 0.6) is 0 Å². The second-order valence-corrected chi connectivity index (χ2v) is 8.66. The van der Waals surface area contributed by atoms with Gasteiger partial charge in [0, 0.05) is 18.0 Å². The zero-order valence-electron chi connectivity index (χ0n) is 17.3. The van der Waals surface area contributed by atoms with E-state index in [0.717, 1.165) is 18.5 Å². The van der Waals surface area contributed by atoms with Crippen LogP contribution in [-0.2, 0) is 4.79 Å². The predicted molar refractivity (Wildman–Crippen MR) is 119 cm³/mol. The number of rotatable bonds is 5. The molecule has 0 aliphatic heterocycles. The molecule has 2 unspecified atom stereocenters. The van der Waals surface area contributed by atoms with Crippen molar-refractivity contribution in [3.05, 3.63) is 95.7 Å². The van der Waals surface area contributed by atoms with E-state index in [4.69, 9.17) is 0 Å². The monoisotopic (exact) mass is 385 g/mol. The maximum Gasteiger partial charge on any atom is 0.224 e. The smallest absolute Gasteiger partial charge is 0.224 e. The van der Waals surface area contributed by atoms with Gasteiger partial charge in [-0.15, -0.1) is 0 Å². The van der Waals surface area contributed by atoms with Gasteiger partial charge in [-0.1, -0.05) is 79.7 Å². The summed E-state index contributed by atoms with van der Waals surface area (Å²) in [5, 5.41) is 3.15. The molecule has 0 saturated heterocycles. The van der Waals surface area contributed by atoms with Crippen molar-refractivity contribution in [2.24, 2.45) is 11.8 Å². The van der Waals surface area contributed by atoms with Crippen LogP contribution in [0.3, 0.4) is 0 Å². The van der Waals surface area contributed by atoms with E-state index in [1.165, 1.54) is 24.0 Å². The third-order valence-corrected chi connectivity index (χ3v) is 6.55. The van der Waals surface area contributed by atoms with Crippen molar-refractivity contribution in [3.63, 3.8) is 0 Å². The van der Waals surface area contributed by atoms with Gasteiger partial charge in [-0.25, -0.2) is 0 Å². The maximum atomic E-state index is 12.6. The first kappa shape index (κ1) is 19.7. The van der Waals surface area contributed by atoms with Crippen molar-refractivity contribution in [1.29, 1.82) is 0 Å². The second-order valence-electron chi connectivity index (χ2n) is 8.66. The van der Waals surface area contributed by atoms with E-state index in [-0.39, 0.29) is 5.91 Å². The summed E-state index contributed by atoms with van der Waals surface area (Å²) in [6.07, 6.45) is 11.8. The molecule has 1 fully saturated rings. The summed E-state index contributed by atoms with van der Waals surface area (Å²) in [5.74, 6) is 2.09. The van der Waals surface area contributed by atoms with Crippen molar-refractivity contribution in [1.82, 2.24) is 5.32 Å². The Hall–Kier alpha value is -2.61. The molecule has 0 bridgehead atoms. The van der Waals surface area contributed by atoms with E-state index in [2.05, 4.69) is 91.1 Å². The molecule has 0 spiro atoms. The van der Waals surface area contributed by atoms with Crippen LogP contribution in [0.2, 0.25) is 0 Å². The number of carbonyl (C=O) groups is 1. The first-order valence-electron chi connectivity index (χ1n) is 11.0. The molecule has 0 radical (unpaired) electrons. The second kappa shape index (κ2) is 9.26. The van der Waals surface area contributed by atoms with E-state index in [1.807, 2.05) is 0 Å². The van der Waals surface area contributed by atoms with E-state index in [9.17, 15) is 4.79 Å². The lowest BCUT2D eigenvalue weighted by Crippen LogP contribution is -2.27. The van der Waals surface area contributed by atoms with Gasteiger partial charge in [-0.05, 0) is 60.6 Å². The molecule has 29 heavy (non-hydrogen) atoms. The lowest BCUT2D eigenvalue weighted by molar-refractivity contribution is -0.121. The van der Waals surface area contributed by atoms with Crippen molar-refractivity contribution in [2.45, 2.75) is 50.9 Å². The molecule has 4 rings (SSSR count). The molecule has 150 valence electrons. The van der Waals surface area contributed by atoms with Crippen molar-refractivity contribution in [3.8, 4) is 0 Å². The number of amides is 1. The Morgan fingerprint density at radius 3 is 2.14 bits per heavy atom. The number of benzene rings is 2. The zero-order valence-corrected chi connectivity index (χ0v) is 17.3. The van der Waals surface area contributed by atoms with Crippen molar-refractivity contribution >= 4 is 5.91 Å². The third-order valence-electron chi connectivity index (χ3n) is 6.55. The molecule has 2 nitrogen and oxygen atoms in total. The third kappa shape index (κ3) is 5.06. The topological polar surface area (TPSA) is 29.1 Å². The van der Waals surface area contributed by atoms with Gasteiger partial charge in [0.25, 0.3) is 0 Å². The quantitative estimate of drug-likeness (QED) is 0.639. The molecule has 2 atom stereocenters. The molecule has 2 aromatic carbocycles. The minimum Gasteiger partial charge on any atom is -0.326 e. The largest absolute Gasteiger partial charge is 0.326 e. The number of nitrogens with one attached hydrogen (secondary N) is 1. The number of allylic oxidation sites excluding steroid dienone is 3. The summed E-state index contributed by atoms with van der Waals surface area (Å²) < 4.78 is 0. The van der Waals surface area contributed by atoms with Crippen LogP contribution in [0.15, 0.2) is 84.6 Å². The molecule has 2 heteroatoms. The number of hydrogen-bond donors (Lipinski definition) is 1. The molecule has 0 heterocycles. The van der Waals surface area contributed by atoms with Crippen LogP contribution in [0.25, 0.3) is 0 Å². The first-order chi connectivity index (χ1) is 14.2. The highest BCUT2D eigenvalue weighted by atomic mass is 16.1. The molecule has 1 N–H and O–H groups in total. The minimum absolute atomic E-state index is 0.162. The van der Waals surface area contributed by atoms with Gasteiger partial charge in [-0.2, -0.15) is 0 Å². The van der Waals surface area contributed by atoms with E-state index >= 15 is 0 Å². The summed E-state index contributed by atoms with van der Waals surface area (Å²) in [6.45, 7) is 2.22. The maximum absolute atomic E-state index is 12.6. The Morgan fingerprint density at radius 1 is 0.897 bits per heavy atom. The highest BCUT2D eigenvalue weighted by Crippen LogP contribution is 2.37. The molecular weight excluding hydrogens is 354 g/mol. The minimum atomic E-state index is 0.162. The first-order valence-corrected chi connectivity index (χ1v) is 11.0. The fraction of sp³-hybridized carbons (Fsp3) is 0.370. The van der Waals surface area contributed by atoms with Crippen LogP contribution < -0.4 is 5.32 Å².